The normalized spacial score (nSPS) is 31.7. The number of amides is 2. The van der Waals surface area contributed by atoms with E-state index in [2.05, 4.69) is 29.2 Å². The number of nitrogens with zero attached hydrogens (tertiary/aromatic N) is 4. The Labute approximate surface area is 258 Å². The van der Waals surface area contributed by atoms with Crippen molar-refractivity contribution in [3.05, 3.63) is 24.3 Å². The minimum Gasteiger partial charge on any atom is -0.431 e. The fourth-order valence-electron chi connectivity index (χ4n) is 9.13. The zero-order valence-electron chi connectivity index (χ0n) is 25.5. The molecule has 5 fully saturated rings. The Bertz CT molecular complexity index is 1340. The van der Waals surface area contributed by atoms with Gasteiger partial charge >= 0.3 is 6.16 Å². The quantitative estimate of drug-likeness (QED) is 0.228. The van der Waals surface area contributed by atoms with Gasteiger partial charge in [-0.15, -0.1) is 0 Å². The summed E-state index contributed by atoms with van der Waals surface area (Å²) in [6.07, 6.45) is 6.85. The van der Waals surface area contributed by atoms with Crippen molar-refractivity contribution in [2.75, 3.05) is 50.9 Å². The highest BCUT2D eigenvalue weighted by molar-refractivity contribution is 7.13. The third-order valence-corrected chi connectivity index (χ3v) is 12.1. The van der Waals surface area contributed by atoms with Crippen LogP contribution < -0.4 is 4.90 Å². The summed E-state index contributed by atoms with van der Waals surface area (Å²) >= 11 is 1.54. The van der Waals surface area contributed by atoms with Gasteiger partial charge in [0.1, 0.15) is 0 Å². The molecule has 2 saturated heterocycles. The molecular formula is C33H45N4O5S+. The number of hydrogen-bond acceptors (Lipinski definition) is 8. The van der Waals surface area contributed by atoms with Gasteiger partial charge in [0.05, 0.1) is 55.4 Å². The van der Waals surface area contributed by atoms with E-state index in [4.69, 9.17) is 13.8 Å². The number of benzene rings is 1. The van der Waals surface area contributed by atoms with Crippen molar-refractivity contribution in [2.24, 2.45) is 35.5 Å². The van der Waals surface area contributed by atoms with Gasteiger partial charge in [0.25, 0.3) is 0 Å². The van der Waals surface area contributed by atoms with Crippen molar-refractivity contribution in [3.8, 4) is 0 Å². The molecule has 1 aromatic carbocycles. The standard InChI is InChI=1S/C33H45N4O5S/c1-21(2)42-33(40)41-20-37(15-13-35(14-16-37)30-26-9-5-6-10-27(26)43-34-30)19-25-8-4-3-7-24(25)18-36-31(38)28-22-11-12-23(17-22)29(28)32(36)39/h5-6,9-10,21-25,28-29H,3-4,7-8,11-20H2,1-2H3/q+1. The van der Waals surface area contributed by atoms with Crippen LogP contribution in [0.3, 0.4) is 0 Å². The molecule has 9 nitrogen and oxygen atoms in total. The van der Waals surface area contributed by atoms with Gasteiger partial charge in [0.15, 0.2) is 5.82 Å². The Balaban J connectivity index is 1.07. The molecule has 3 heterocycles. The van der Waals surface area contributed by atoms with Gasteiger partial charge in [-0.25, -0.2) is 4.79 Å². The van der Waals surface area contributed by atoms with Gasteiger partial charge in [-0.2, -0.15) is 4.37 Å². The number of ether oxygens (including phenoxy) is 2. The van der Waals surface area contributed by atoms with Crippen molar-refractivity contribution in [2.45, 2.75) is 64.9 Å². The predicted molar refractivity (Wildman–Crippen MR) is 164 cm³/mol. The lowest BCUT2D eigenvalue weighted by atomic mass is 9.78. The lowest BCUT2D eigenvalue weighted by molar-refractivity contribution is -0.947. The number of rotatable bonds is 8. The maximum absolute atomic E-state index is 13.5. The summed E-state index contributed by atoms with van der Waals surface area (Å²) in [5, 5.41) is 1.19. The van der Waals surface area contributed by atoms with Crippen molar-refractivity contribution < 1.29 is 28.3 Å². The summed E-state index contributed by atoms with van der Waals surface area (Å²) in [6.45, 7) is 8.67. The average molecular weight is 610 g/mol. The largest absolute Gasteiger partial charge is 0.512 e. The van der Waals surface area contributed by atoms with Crippen LogP contribution in [-0.4, -0.2) is 83.8 Å². The van der Waals surface area contributed by atoms with E-state index in [0.29, 0.717) is 28.8 Å². The SMILES string of the molecule is CC(C)OC(=O)OC[N+]1(CC2CCCCC2CN2C(=O)C3C4CCC(C4)C3C2=O)CCN(c2nsc3ccccc23)CC1. The summed E-state index contributed by atoms with van der Waals surface area (Å²) in [6, 6.07) is 8.38. The van der Waals surface area contributed by atoms with E-state index in [9.17, 15) is 14.4 Å². The van der Waals surface area contributed by atoms with Crippen LogP contribution in [0.1, 0.15) is 58.8 Å². The molecule has 3 saturated carbocycles. The van der Waals surface area contributed by atoms with Crippen LogP contribution in [0.4, 0.5) is 10.6 Å². The van der Waals surface area contributed by atoms with E-state index in [-0.39, 0.29) is 42.4 Å². The molecule has 10 heteroatoms. The molecule has 232 valence electrons. The fraction of sp³-hybridized carbons (Fsp3) is 0.697. The van der Waals surface area contributed by atoms with E-state index in [1.165, 1.54) is 21.6 Å². The number of anilines is 1. The molecule has 0 radical (unpaired) electrons. The smallest absolute Gasteiger partial charge is 0.431 e. The highest BCUT2D eigenvalue weighted by Gasteiger charge is 2.61. The molecule has 43 heavy (non-hydrogen) atoms. The van der Waals surface area contributed by atoms with Crippen molar-refractivity contribution >= 4 is 45.4 Å². The molecular weight excluding hydrogens is 564 g/mol. The average Bonchev–Trinajstić information content (AvgIpc) is 3.78. The molecule has 5 aliphatic rings. The number of carbonyl (C=O) groups is 3. The Kier molecular flexibility index (Phi) is 7.86. The molecule has 2 bridgehead atoms. The zero-order valence-corrected chi connectivity index (χ0v) is 26.3. The molecule has 6 unspecified atom stereocenters. The molecule has 1 aromatic heterocycles. The topological polar surface area (TPSA) is 89.0 Å². The number of imide groups is 1. The van der Waals surface area contributed by atoms with E-state index in [0.717, 1.165) is 83.5 Å². The summed E-state index contributed by atoms with van der Waals surface area (Å²) in [4.78, 5) is 43.6. The lowest BCUT2D eigenvalue weighted by Crippen LogP contribution is -2.63. The molecule has 2 aromatic rings. The first-order chi connectivity index (χ1) is 20.8. The number of hydrogen-bond donors (Lipinski definition) is 0. The van der Waals surface area contributed by atoms with Gasteiger partial charge in [0, 0.05) is 17.8 Å². The second-order valence-electron chi connectivity index (χ2n) is 14.1. The third-order valence-electron chi connectivity index (χ3n) is 11.3. The summed E-state index contributed by atoms with van der Waals surface area (Å²) in [7, 11) is 0. The van der Waals surface area contributed by atoms with Crippen LogP contribution in [0.2, 0.25) is 0 Å². The predicted octanol–water partition coefficient (Wildman–Crippen LogP) is 5.29. The monoisotopic (exact) mass is 609 g/mol. The maximum atomic E-state index is 13.5. The second-order valence-corrected chi connectivity index (χ2v) is 14.9. The van der Waals surface area contributed by atoms with E-state index >= 15 is 0 Å². The van der Waals surface area contributed by atoms with Crippen molar-refractivity contribution in [1.29, 1.82) is 0 Å². The Morgan fingerprint density at radius 1 is 1.00 bits per heavy atom. The Hall–Kier alpha value is -2.72. The van der Waals surface area contributed by atoms with Crippen LogP contribution in [-0.2, 0) is 19.1 Å². The fourth-order valence-corrected chi connectivity index (χ4v) is 9.93. The first kappa shape index (κ1) is 29.0. The van der Waals surface area contributed by atoms with Crippen molar-refractivity contribution in [3.63, 3.8) is 0 Å². The van der Waals surface area contributed by atoms with E-state index in [1.54, 1.807) is 4.90 Å². The molecule has 2 aliphatic heterocycles. The molecule has 2 amide bonds. The maximum Gasteiger partial charge on any atom is 0.512 e. The number of aromatic nitrogens is 1. The molecule has 3 aliphatic carbocycles. The van der Waals surface area contributed by atoms with Crippen LogP contribution in [0.25, 0.3) is 10.1 Å². The second kappa shape index (κ2) is 11.7. The Morgan fingerprint density at radius 3 is 2.37 bits per heavy atom. The molecule has 0 N–H and O–H groups in total. The minimum atomic E-state index is -0.616. The summed E-state index contributed by atoms with van der Waals surface area (Å²) < 4.78 is 17.8. The van der Waals surface area contributed by atoms with Crippen LogP contribution >= 0.6 is 11.5 Å². The number of fused-ring (bicyclic) bond motifs is 6. The van der Waals surface area contributed by atoms with Gasteiger partial charge in [-0.3, -0.25) is 19.0 Å². The van der Waals surface area contributed by atoms with Crippen molar-refractivity contribution in [1.82, 2.24) is 9.27 Å². The first-order valence-corrected chi connectivity index (χ1v) is 17.2. The van der Waals surface area contributed by atoms with Gasteiger partial charge in [-0.05, 0) is 87.4 Å². The highest BCUT2D eigenvalue weighted by atomic mass is 32.1. The van der Waals surface area contributed by atoms with Crippen LogP contribution in [0, 0.1) is 35.5 Å². The summed E-state index contributed by atoms with van der Waals surface area (Å²) in [5.41, 5.74) is 0. The third kappa shape index (κ3) is 5.43. The Morgan fingerprint density at radius 2 is 1.67 bits per heavy atom. The van der Waals surface area contributed by atoms with E-state index in [1.807, 2.05) is 13.8 Å². The zero-order chi connectivity index (χ0) is 29.7. The minimum absolute atomic E-state index is 0.0538. The van der Waals surface area contributed by atoms with Gasteiger partial charge < -0.3 is 14.4 Å². The molecule has 6 atom stereocenters. The number of piperazine rings is 1. The highest BCUT2D eigenvalue weighted by Crippen LogP contribution is 2.56. The number of carbonyl (C=O) groups excluding carboxylic acids is 3. The lowest BCUT2D eigenvalue weighted by Gasteiger charge is -2.47. The van der Waals surface area contributed by atoms with Gasteiger partial charge in [-0.1, -0.05) is 25.0 Å². The van der Waals surface area contributed by atoms with E-state index < -0.39 is 6.16 Å². The van der Waals surface area contributed by atoms with Gasteiger partial charge in [0.2, 0.25) is 18.5 Å². The first-order valence-electron chi connectivity index (χ1n) is 16.4. The molecule has 0 spiro atoms. The van der Waals surface area contributed by atoms with Crippen LogP contribution in [0.15, 0.2) is 24.3 Å². The van der Waals surface area contributed by atoms with Crippen LogP contribution in [0.5, 0.6) is 0 Å². The number of quaternary nitrogens is 1. The summed E-state index contributed by atoms with van der Waals surface area (Å²) in [5.74, 6) is 2.64. The molecule has 7 rings (SSSR count). The number of likely N-dealkylation sites (tertiary alicyclic amines) is 1.